The molecule has 1 rings (SSSR count). The summed E-state index contributed by atoms with van der Waals surface area (Å²) in [5.41, 5.74) is 4.20. The van der Waals surface area contributed by atoms with Gasteiger partial charge in [0.25, 0.3) is 5.69 Å². The van der Waals surface area contributed by atoms with E-state index in [-0.39, 0.29) is 10.2 Å². The molecule has 5 nitrogen and oxygen atoms in total. The molecule has 0 radical (unpaired) electrons. The first-order chi connectivity index (χ1) is 9.02. The third-order valence-electron chi connectivity index (χ3n) is 2.19. The minimum Gasteiger partial charge on any atom is -0.278 e. The topological polar surface area (TPSA) is 67.5 Å². The molecule has 0 aliphatic heterocycles. The maximum Gasteiger partial charge on any atom is 0.269 e. The Balaban J connectivity index is 2.77. The summed E-state index contributed by atoms with van der Waals surface area (Å²) in [6, 6.07) is 5.97. The monoisotopic (exact) mass is 301 g/mol. The fourth-order valence-corrected chi connectivity index (χ4v) is 1.59. The van der Waals surface area contributed by atoms with Gasteiger partial charge in [-0.1, -0.05) is 36.5 Å². The largest absolute Gasteiger partial charge is 0.278 e. The molecule has 1 aromatic rings. The fraction of sp³-hybridized carbons (Fsp3) is 0.250. The van der Waals surface area contributed by atoms with Crippen molar-refractivity contribution < 1.29 is 4.92 Å². The van der Waals surface area contributed by atoms with Gasteiger partial charge in [-0.05, 0) is 24.6 Å². The Morgan fingerprint density at radius 2 is 2.05 bits per heavy atom. The molecule has 0 amide bonds. The summed E-state index contributed by atoms with van der Waals surface area (Å²) in [6.07, 6.45) is 3.19. The van der Waals surface area contributed by atoms with Gasteiger partial charge in [0, 0.05) is 12.1 Å². The molecule has 0 saturated heterocycles. The SMILES string of the molecule is CCCC(C=C(Cl)Cl)=NNc1ccc([N+](=O)[O-])cc1. The van der Waals surface area contributed by atoms with Crippen LogP contribution in [-0.2, 0) is 0 Å². The van der Waals surface area contributed by atoms with Crippen molar-refractivity contribution in [3.8, 4) is 0 Å². The number of anilines is 1. The van der Waals surface area contributed by atoms with Gasteiger partial charge in [0.05, 0.1) is 16.3 Å². The van der Waals surface area contributed by atoms with Crippen molar-refractivity contribution in [2.45, 2.75) is 19.8 Å². The zero-order chi connectivity index (χ0) is 14.3. The van der Waals surface area contributed by atoms with Gasteiger partial charge in [0.2, 0.25) is 0 Å². The first kappa shape index (κ1) is 15.5. The zero-order valence-corrected chi connectivity index (χ0v) is 11.8. The Hall–Kier alpha value is -1.59. The first-order valence-electron chi connectivity index (χ1n) is 5.62. The lowest BCUT2D eigenvalue weighted by Crippen LogP contribution is -1.99. The van der Waals surface area contributed by atoms with Crippen LogP contribution in [0.1, 0.15) is 19.8 Å². The van der Waals surface area contributed by atoms with Gasteiger partial charge in [-0.15, -0.1) is 0 Å². The van der Waals surface area contributed by atoms with Crippen LogP contribution in [0, 0.1) is 10.1 Å². The number of halogens is 2. The van der Waals surface area contributed by atoms with Crippen molar-refractivity contribution in [1.82, 2.24) is 0 Å². The van der Waals surface area contributed by atoms with Gasteiger partial charge in [-0.2, -0.15) is 5.10 Å². The van der Waals surface area contributed by atoms with E-state index in [1.807, 2.05) is 6.92 Å². The van der Waals surface area contributed by atoms with Gasteiger partial charge in [0.15, 0.2) is 0 Å². The summed E-state index contributed by atoms with van der Waals surface area (Å²) < 4.78 is 0.137. The minimum absolute atomic E-state index is 0.0343. The average molecular weight is 302 g/mol. The number of hydrogen-bond acceptors (Lipinski definition) is 4. The van der Waals surface area contributed by atoms with E-state index in [1.165, 1.54) is 12.1 Å². The third-order valence-corrected chi connectivity index (χ3v) is 2.41. The van der Waals surface area contributed by atoms with Crippen molar-refractivity contribution in [2.24, 2.45) is 5.10 Å². The molecule has 0 aliphatic rings. The predicted octanol–water partition coefficient (Wildman–Crippen LogP) is 4.48. The number of non-ortho nitro benzene ring substituents is 1. The lowest BCUT2D eigenvalue weighted by Gasteiger charge is -2.03. The van der Waals surface area contributed by atoms with Crippen molar-refractivity contribution in [2.75, 3.05) is 5.43 Å². The lowest BCUT2D eigenvalue weighted by molar-refractivity contribution is -0.384. The normalized spacial score (nSPS) is 11.0. The summed E-state index contributed by atoms with van der Waals surface area (Å²) in [6.45, 7) is 2.01. The Morgan fingerprint density at radius 1 is 1.42 bits per heavy atom. The van der Waals surface area contributed by atoms with E-state index in [4.69, 9.17) is 23.2 Å². The molecule has 0 saturated carbocycles. The first-order valence-corrected chi connectivity index (χ1v) is 6.38. The minimum atomic E-state index is -0.453. The number of hydrazone groups is 1. The van der Waals surface area contributed by atoms with E-state index < -0.39 is 4.92 Å². The third kappa shape index (κ3) is 5.72. The number of allylic oxidation sites excluding steroid dienone is 1. The number of nitrogens with zero attached hydrogens (tertiary/aromatic N) is 2. The van der Waals surface area contributed by atoms with Crippen LogP contribution in [0.3, 0.4) is 0 Å². The van der Waals surface area contributed by atoms with Gasteiger partial charge in [-0.25, -0.2) is 0 Å². The highest BCUT2D eigenvalue weighted by Crippen LogP contribution is 2.16. The second-order valence-electron chi connectivity index (χ2n) is 3.70. The zero-order valence-electron chi connectivity index (χ0n) is 10.3. The Kier molecular flexibility index (Phi) is 6.32. The number of hydrogen-bond donors (Lipinski definition) is 1. The van der Waals surface area contributed by atoms with Crippen molar-refractivity contribution in [3.05, 3.63) is 44.9 Å². The average Bonchev–Trinajstić information content (AvgIpc) is 2.36. The van der Waals surface area contributed by atoms with Crippen LogP contribution in [0.15, 0.2) is 39.9 Å². The summed E-state index contributed by atoms with van der Waals surface area (Å²) in [7, 11) is 0. The summed E-state index contributed by atoms with van der Waals surface area (Å²) in [4.78, 5) is 10.1. The Labute approximate surface area is 121 Å². The molecule has 0 spiro atoms. The number of nitro groups is 1. The number of benzene rings is 1. The summed E-state index contributed by atoms with van der Waals surface area (Å²) in [5.74, 6) is 0. The molecular weight excluding hydrogens is 289 g/mol. The maximum absolute atomic E-state index is 10.5. The Bertz CT molecular complexity index is 494. The second kappa shape index (κ2) is 7.76. The molecule has 0 heterocycles. The number of nitrogens with one attached hydrogen (secondary N) is 1. The molecule has 1 aromatic carbocycles. The summed E-state index contributed by atoms with van der Waals surface area (Å²) in [5, 5.41) is 14.7. The highest BCUT2D eigenvalue weighted by Gasteiger charge is 2.03. The molecule has 102 valence electrons. The molecule has 0 aliphatic carbocycles. The van der Waals surface area contributed by atoms with E-state index >= 15 is 0 Å². The van der Waals surface area contributed by atoms with Gasteiger partial charge in [0.1, 0.15) is 4.49 Å². The molecule has 0 unspecified atom stereocenters. The molecule has 0 atom stereocenters. The van der Waals surface area contributed by atoms with E-state index in [2.05, 4.69) is 10.5 Å². The van der Waals surface area contributed by atoms with Crippen LogP contribution < -0.4 is 5.43 Å². The van der Waals surface area contributed by atoms with Crippen LogP contribution in [-0.4, -0.2) is 10.6 Å². The highest BCUT2D eigenvalue weighted by atomic mass is 35.5. The quantitative estimate of drug-likeness (QED) is 0.478. The molecule has 1 N–H and O–H groups in total. The van der Waals surface area contributed by atoms with Gasteiger partial charge >= 0.3 is 0 Å². The van der Waals surface area contributed by atoms with Crippen LogP contribution in [0.2, 0.25) is 0 Å². The van der Waals surface area contributed by atoms with Crippen molar-refractivity contribution in [3.63, 3.8) is 0 Å². The standard InChI is InChI=1S/C12H13Cl2N3O2/c1-2-3-10(8-12(13)14)16-15-9-4-6-11(7-5-9)17(18)19/h4-8,15H,2-3H2,1H3. The molecule has 0 fully saturated rings. The van der Waals surface area contributed by atoms with Crippen molar-refractivity contribution in [1.29, 1.82) is 0 Å². The fourth-order valence-electron chi connectivity index (χ4n) is 1.34. The lowest BCUT2D eigenvalue weighted by atomic mass is 10.2. The Morgan fingerprint density at radius 3 is 2.53 bits per heavy atom. The van der Waals surface area contributed by atoms with E-state index in [1.54, 1.807) is 18.2 Å². The van der Waals surface area contributed by atoms with E-state index in [0.717, 1.165) is 12.8 Å². The van der Waals surface area contributed by atoms with E-state index in [0.29, 0.717) is 11.4 Å². The summed E-state index contributed by atoms with van der Waals surface area (Å²) >= 11 is 11.2. The van der Waals surface area contributed by atoms with Crippen LogP contribution in [0.4, 0.5) is 11.4 Å². The second-order valence-corrected chi connectivity index (χ2v) is 4.71. The number of rotatable bonds is 6. The smallest absolute Gasteiger partial charge is 0.269 e. The van der Waals surface area contributed by atoms with Crippen LogP contribution >= 0.6 is 23.2 Å². The van der Waals surface area contributed by atoms with Crippen LogP contribution in [0.5, 0.6) is 0 Å². The molecule has 7 heteroatoms. The van der Waals surface area contributed by atoms with Crippen molar-refractivity contribution >= 4 is 40.3 Å². The van der Waals surface area contributed by atoms with E-state index in [9.17, 15) is 10.1 Å². The molecule has 0 aromatic heterocycles. The van der Waals surface area contributed by atoms with Gasteiger partial charge in [-0.3, -0.25) is 15.5 Å². The highest BCUT2D eigenvalue weighted by molar-refractivity contribution is 6.56. The van der Waals surface area contributed by atoms with Gasteiger partial charge < -0.3 is 0 Å². The van der Waals surface area contributed by atoms with Crippen LogP contribution in [0.25, 0.3) is 0 Å². The number of nitro benzene ring substituents is 1. The maximum atomic E-state index is 10.5. The molecular formula is C12H13Cl2N3O2. The predicted molar refractivity (Wildman–Crippen MR) is 78.9 cm³/mol. The molecule has 0 bridgehead atoms. The molecule has 19 heavy (non-hydrogen) atoms.